The van der Waals surface area contributed by atoms with Gasteiger partial charge in [-0.1, -0.05) is 11.6 Å². The zero-order valence-corrected chi connectivity index (χ0v) is 12.8. The fraction of sp³-hybridized carbons (Fsp3) is 1.00. The van der Waals surface area contributed by atoms with E-state index in [1.165, 1.54) is 0 Å². The van der Waals surface area contributed by atoms with Crippen LogP contribution in [-0.2, 0) is 14.2 Å². The highest BCUT2D eigenvalue weighted by Gasteiger charge is 2.67. The van der Waals surface area contributed by atoms with Gasteiger partial charge < -0.3 is 50.0 Å². The molecule has 0 bridgehead atoms. The Morgan fingerprint density at radius 2 is 1.78 bits per heavy atom. The van der Waals surface area contributed by atoms with Gasteiger partial charge in [0.2, 0.25) is 10.8 Å². The van der Waals surface area contributed by atoms with Gasteiger partial charge in [0.1, 0.15) is 24.9 Å². The monoisotopic (exact) mass is 360 g/mol. The van der Waals surface area contributed by atoms with Gasteiger partial charge in [-0.25, -0.2) is 0 Å². The van der Waals surface area contributed by atoms with Gasteiger partial charge in [-0.15, -0.1) is 0 Å². The molecule has 0 amide bonds. The summed E-state index contributed by atoms with van der Waals surface area (Å²) in [6, 6.07) is 0. The quantitative estimate of drug-likeness (QED) is 0.241. The minimum Gasteiger partial charge on any atom is -0.394 e. The van der Waals surface area contributed by atoms with Crippen molar-refractivity contribution in [3.63, 3.8) is 0 Å². The minimum absolute atomic E-state index is 0.0580. The van der Waals surface area contributed by atoms with Gasteiger partial charge in [-0.05, 0) is 0 Å². The summed E-state index contributed by atoms with van der Waals surface area (Å²) < 4.78 is 15.6. The van der Waals surface area contributed by atoms with Gasteiger partial charge in [-0.2, -0.15) is 0 Å². The normalized spacial score (nSPS) is 51.1. The number of ether oxygens (including phenoxy) is 3. The first-order valence-electron chi connectivity index (χ1n) is 7.01. The number of halogens is 1. The summed E-state index contributed by atoms with van der Waals surface area (Å²) in [6.45, 7) is -2.24. The molecule has 7 N–H and O–H groups in total. The molecule has 2 heterocycles. The summed E-state index contributed by atoms with van der Waals surface area (Å²) in [5, 5.41) is 64.9. The van der Waals surface area contributed by atoms with Crippen LogP contribution in [0.25, 0.3) is 0 Å². The maximum Gasteiger partial charge on any atom is 0.241 e. The van der Waals surface area contributed by atoms with E-state index in [2.05, 4.69) is 0 Å². The molecule has 2 aliphatic rings. The lowest BCUT2D eigenvalue weighted by atomic mass is 10.0. The third-order valence-corrected chi connectivity index (χ3v) is 4.53. The molecule has 0 saturated carbocycles. The van der Waals surface area contributed by atoms with Crippen molar-refractivity contribution in [1.82, 2.24) is 0 Å². The molecular formula is C12H21ClO10. The summed E-state index contributed by atoms with van der Waals surface area (Å²) in [5.74, 6) is -2.43. The first-order chi connectivity index (χ1) is 10.7. The Balaban J connectivity index is 2.24. The second kappa shape index (κ2) is 7.02. The van der Waals surface area contributed by atoms with Crippen LogP contribution in [0, 0.1) is 0 Å². The first-order valence-corrected chi connectivity index (χ1v) is 7.39. The van der Waals surface area contributed by atoms with E-state index in [0.717, 1.165) is 0 Å². The Labute approximate surface area is 136 Å². The lowest BCUT2D eigenvalue weighted by molar-refractivity contribution is -0.379. The maximum atomic E-state index is 10.2. The van der Waals surface area contributed by atoms with Crippen LogP contribution in [0.1, 0.15) is 6.42 Å². The van der Waals surface area contributed by atoms with E-state index in [4.69, 9.17) is 36.0 Å². The number of hydrogen-bond donors (Lipinski definition) is 7. The van der Waals surface area contributed by atoms with E-state index in [1.807, 2.05) is 0 Å². The van der Waals surface area contributed by atoms with Crippen molar-refractivity contribution in [2.75, 3.05) is 19.8 Å². The molecule has 136 valence electrons. The Morgan fingerprint density at radius 3 is 2.26 bits per heavy atom. The number of alkyl halides is 1. The molecule has 0 aromatic rings. The molecule has 23 heavy (non-hydrogen) atoms. The Hall–Kier alpha value is -0.110. The highest BCUT2D eigenvalue weighted by molar-refractivity contribution is 6.24. The summed E-state index contributed by atoms with van der Waals surface area (Å²) in [5.41, 5.74) is 0. The van der Waals surface area contributed by atoms with Gasteiger partial charge in [0, 0.05) is 6.42 Å². The van der Waals surface area contributed by atoms with Crippen molar-refractivity contribution >= 4 is 11.6 Å². The van der Waals surface area contributed by atoms with E-state index < -0.39 is 67.5 Å². The zero-order chi connectivity index (χ0) is 17.4. The van der Waals surface area contributed by atoms with Crippen molar-refractivity contribution in [1.29, 1.82) is 0 Å². The van der Waals surface area contributed by atoms with Crippen LogP contribution in [0.15, 0.2) is 0 Å². The molecule has 4 unspecified atom stereocenters. The third-order valence-electron chi connectivity index (χ3n) is 4.02. The van der Waals surface area contributed by atoms with Crippen LogP contribution in [0.4, 0.5) is 0 Å². The van der Waals surface area contributed by atoms with Crippen molar-refractivity contribution in [3.8, 4) is 0 Å². The molecule has 2 rings (SSSR count). The maximum absolute atomic E-state index is 10.2. The van der Waals surface area contributed by atoms with Gasteiger partial charge >= 0.3 is 0 Å². The Morgan fingerprint density at radius 1 is 1.13 bits per heavy atom. The van der Waals surface area contributed by atoms with Gasteiger partial charge in [0.05, 0.1) is 25.4 Å². The highest BCUT2D eigenvalue weighted by Crippen LogP contribution is 2.45. The van der Waals surface area contributed by atoms with Crippen molar-refractivity contribution in [2.24, 2.45) is 0 Å². The summed E-state index contributed by atoms with van der Waals surface area (Å²) in [7, 11) is 0. The molecule has 0 radical (unpaired) electrons. The molecule has 2 fully saturated rings. The molecule has 2 saturated heterocycles. The molecule has 0 spiro atoms. The fourth-order valence-electron chi connectivity index (χ4n) is 2.61. The second-order valence-electron chi connectivity index (χ2n) is 5.59. The number of rotatable bonds is 5. The smallest absolute Gasteiger partial charge is 0.241 e. The average molecular weight is 361 g/mol. The second-order valence-corrected chi connectivity index (χ2v) is 6.16. The van der Waals surface area contributed by atoms with Crippen LogP contribution in [0.5, 0.6) is 0 Å². The van der Waals surface area contributed by atoms with E-state index in [-0.39, 0.29) is 6.42 Å². The zero-order valence-electron chi connectivity index (χ0n) is 12.0. The van der Waals surface area contributed by atoms with Crippen LogP contribution in [0.2, 0.25) is 0 Å². The molecule has 0 aliphatic carbocycles. The summed E-state index contributed by atoms with van der Waals surface area (Å²) in [6.07, 6.45) is -8.58. The molecule has 10 nitrogen and oxygen atoms in total. The largest absolute Gasteiger partial charge is 0.394 e. The van der Waals surface area contributed by atoms with E-state index in [0.29, 0.717) is 0 Å². The highest BCUT2D eigenvalue weighted by atomic mass is 35.5. The third kappa shape index (κ3) is 3.22. The van der Waals surface area contributed by atoms with Crippen LogP contribution < -0.4 is 0 Å². The molecule has 8 atom stereocenters. The van der Waals surface area contributed by atoms with Crippen LogP contribution in [0.3, 0.4) is 0 Å². The minimum atomic E-state index is -2.66. The Kier molecular flexibility index (Phi) is 5.87. The fourth-order valence-corrected chi connectivity index (χ4v) is 2.90. The average Bonchev–Trinajstić information content (AvgIpc) is 2.72. The van der Waals surface area contributed by atoms with Crippen LogP contribution >= 0.6 is 11.6 Å². The summed E-state index contributed by atoms with van der Waals surface area (Å²) in [4.78, 5) is 0. The molecule has 11 heteroatoms. The van der Waals surface area contributed by atoms with Crippen molar-refractivity contribution in [2.45, 2.75) is 54.1 Å². The molecular weight excluding hydrogens is 340 g/mol. The first kappa shape index (κ1) is 19.2. The molecule has 0 aromatic heterocycles. The van der Waals surface area contributed by atoms with Crippen molar-refractivity contribution < 1.29 is 50.0 Å². The lowest BCUT2D eigenvalue weighted by Gasteiger charge is -2.43. The van der Waals surface area contributed by atoms with Crippen LogP contribution in [-0.4, -0.2) is 103 Å². The van der Waals surface area contributed by atoms with Gasteiger partial charge in [0.25, 0.3) is 0 Å². The van der Waals surface area contributed by atoms with E-state index >= 15 is 0 Å². The lowest BCUT2D eigenvalue weighted by Crippen LogP contribution is -2.61. The van der Waals surface area contributed by atoms with Crippen molar-refractivity contribution in [3.05, 3.63) is 0 Å². The topological polar surface area (TPSA) is 169 Å². The predicted octanol–water partition coefficient (Wildman–Crippen LogP) is -3.80. The van der Waals surface area contributed by atoms with E-state index in [1.54, 1.807) is 0 Å². The standard InChI is InChI=1S/C12H21ClO10/c13-12(20)9(19)7(3-15)22-11(12,4-16)23-10-8(18)6(17)1-5(2-14)21-10/h5-10,14-20H,1-4H2/t5?,6?,7-,8?,9+,10?,11-,12-/m1/s1. The molecule has 2 aliphatic heterocycles. The SMILES string of the molecule is OCC1CC(O)C(O)C(O[C@@]2(CO)O[C@H](CO)[C@H](O)[C@]2(O)Cl)O1. The van der Waals surface area contributed by atoms with Gasteiger partial charge in [-0.3, -0.25) is 0 Å². The van der Waals surface area contributed by atoms with Gasteiger partial charge in [0.15, 0.2) is 6.29 Å². The summed E-state index contributed by atoms with van der Waals surface area (Å²) >= 11 is 5.82. The number of hydrogen-bond acceptors (Lipinski definition) is 10. The number of aliphatic hydroxyl groups excluding tert-OH is 6. The number of aliphatic hydroxyl groups is 7. The Bertz CT molecular complexity index is 409. The predicted molar refractivity (Wildman–Crippen MR) is 72.0 cm³/mol. The van der Waals surface area contributed by atoms with E-state index in [9.17, 15) is 25.5 Å². The molecule has 0 aromatic carbocycles.